The topological polar surface area (TPSA) is 35.5 Å². The molecule has 0 amide bonds. The predicted molar refractivity (Wildman–Crippen MR) is 61.7 cm³/mol. The van der Waals surface area contributed by atoms with Crippen LogP contribution in [0.4, 0.5) is 0 Å². The fourth-order valence-electron chi connectivity index (χ4n) is 1.94. The molecule has 0 aromatic heterocycles. The monoisotopic (exact) mass is 240 g/mol. The van der Waals surface area contributed by atoms with E-state index in [9.17, 15) is 4.79 Å². The Bertz CT molecular complexity index is 452. The lowest BCUT2D eigenvalue weighted by atomic mass is 9.93. The SMILES string of the molecule is CC(=O)c1c(Cl)cc2c(c1C(C)C)OCO2. The van der Waals surface area contributed by atoms with E-state index in [1.54, 1.807) is 6.07 Å². The number of ketones is 1. The number of fused-ring (bicyclic) bond motifs is 1. The minimum absolute atomic E-state index is 0.0491. The summed E-state index contributed by atoms with van der Waals surface area (Å²) >= 11 is 6.10. The summed E-state index contributed by atoms with van der Waals surface area (Å²) in [5.41, 5.74) is 1.38. The van der Waals surface area contributed by atoms with Crippen LogP contribution in [0, 0.1) is 0 Å². The molecule has 0 saturated heterocycles. The van der Waals surface area contributed by atoms with Crippen molar-refractivity contribution in [3.05, 3.63) is 22.2 Å². The van der Waals surface area contributed by atoms with Crippen molar-refractivity contribution in [1.82, 2.24) is 0 Å². The van der Waals surface area contributed by atoms with Crippen LogP contribution in [0.5, 0.6) is 11.5 Å². The van der Waals surface area contributed by atoms with Crippen LogP contribution in [0.3, 0.4) is 0 Å². The highest BCUT2D eigenvalue weighted by Crippen LogP contribution is 2.44. The number of hydrogen-bond donors (Lipinski definition) is 0. The van der Waals surface area contributed by atoms with Gasteiger partial charge in [-0.05, 0) is 12.8 Å². The average Bonchev–Trinajstić information content (AvgIpc) is 2.61. The van der Waals surface area contributed by atoms with Crippen molar-refractivity contribution in [2.75, 3.05) is 6.79 Å². The molecule has 86 valence electrons. The summed E-state index contributed by atoms with van der Waals surface area (Å²) in [5.74, 6) is 1.39. The van der Waals surface area contributed by atoms with Gasteiger partial charge in [-0.1, -0.05) is 25.4 Å². The lowest BCUT2D eigenvalue weighted by Crippen LogP contribution is -2.04. The molecule has 16 heavy (non-hydrogen) atoms. The average molecular weight is 241 g/mol. The highest BCUT2D eigenvalue weighted by molar-refractivity contribution is 6.34. The van der Waals surface area contributed by atoms with Crippen LogP contribution in [-0.2, 0) is 0 Å². The number of carbonyl (C=O) groups excluding carboxylic acids is 1. The van der Waals surface area contributed by atoms with Gasteiger partial charge in [0.25, 0.3) is 0 Å². The van der Waals surface area contributed by atoms with E-state index in [1.165, 1.54) is 6.92 Å². The molecule has 0 aliphatic carbocycles. The van der Waals surface area contributed by atoms with Gasteiger partial charge in [-0.3, -0.25) is 4.79 Å². The lowest BCUT2D eigenvalue weighted by Gasteiger charge is -2.15. The van der Waals surface area contributed by atoms with Gasteiger partial charge in [-0.2, -0.15) is 0 Å². The van der Waals surface area contributed by atoms with Crippen molar-refractivity contribution < 1.29 is 14.3 Å². The Balaban J connectivity index is 2.73. The Labute approximate surface area is 99.3 Å². The Hall–Kier alpha value is -1.22. The summed E-state index contributed by atoms with van der Waals surface area (Å²) in [6.45, 7) is 5.70. The van der Waals surface area contributed by atoms with Gasteiger partial charge in [0.05, 0.1) is 5.02 Å². The van der Waals surface area contributed by atoms with Crippen molar-refractivity contribution in [2.45, 2.75) is 26.7 Å². The molecule has 1 aromatic carbocycles. The molecule has 0 saturated carbocycles. The van der Waals surface area contributed by atoms with Crippen molar-refractivity contribution in [3.8, 4) is 11.5 Å². The molecule has 4 heteroatoms. The zero-order valence-electron chi connectivity index (χ0n) is 9.46. The lowest BCUT2D eigenvalue weighted by molar-refractivity contribution is 0.101. The molecule has 0 fully saturated rings. The van der Waals surface area contributed by atoms with E-state index < -0.39 is 0 Å². The molecule has 3 nitrogen and oxygen atoms in total. The standard InChI is InChI=1S/C12H13ClO3/c1-6(2)10-11(7(3)14)8(13)4-9-12(10)16-5-15-9/h4,6H,5H2,1-3H3. The van der Waals surface area contributed by atoms with Gasteiger partial charge >= 0.3 is 0 Å². The van der Waals surface area contributed by atoms with E-state index >= 15 is 0 Å². The van der Waals surface area contributed by atoms with Crippen LogP contribution in [0.1, 0.15) is 42.6 Å². The van der Waals surface area contributed by atoms with Gasteiger partial charge in [-0.25, -0.2) is 0 Å². The molecule has 1 aromatic rings. The largest absolute Gasteiger partial charge is 0.454 e. The minimum Gasteiger partial charge on any atom is -0.454 e. The first-order valence-electron chi connectivity index (χ1n) is 5.15. The molecule has 0 N–H and O–H groups in total. The molecule has 0 bridgehead atoms. The first-order valence-corrected chi connectivity index (χ1v) is 5.53. The molecular formula is C12H13ClO3. The third kappa shape index (κ3) is 1.65. The number of hydrogen-bond acceptors (Lipinski definition) is 3. The number of carbonyl (C=O) groups is 1. The van der Waals surface area contributed by atoms with E-state index in [1.807, 2.05) is 13.8 Å². The van der Waals surface area contributed by atoms with Crippen molar-refractivity contribution in [3.63, 3.8) is 0 Å². The van der Waals surface area contributed by atoms with Crippen molar-refractivity contribution in [1.29, 1.82) is 0 Å². The van der Waals surface area contributed by atoms with Gasteiger partial charge < -0.3 is 9.47 Å². The zero-order valence-corrected chi connectivity index (χ0v) is 10.2. The summed E-state index contributed by atoms with van der Waals surface area (Å²) in [4.78, 5) is 11.6. The smallest absolute Gasteiger partial charge is 0.231 e. The fourth-order valence-corrected chi connectivity index (χ4v) is 2.28. The first kappa shape index (κ1) is 11.3. The highest BCUT2D eigenvalue weighted by Gasteiger charge is 2.27. The van der Waals surface area contributed by atoms with E-state index in [-0.39, 0.29) is 18.5 Å². The second-order valence-electron chi connectivity index (χ2n) is 4.09. The second kappa shape index (κ2) is 3.98. The first-order chi connectivity index (χ1) is 7.52. The second-order valence-corrected chi connectivity index (χ2v) is 4.50. The van der Waals surface area contributed by atoms with Crippen molar-refractivity contribution >= 4 is 17.4 Å². The number of rotatable bonds is 2. The molecule has 2 rings (SSSR count). The number of benzene rings is 1. The van der Waals surface area contributed by atoms with Crippen molar-refractivity contribution in [2.24, 2.45) is 0 Å². The van der Waals surface area contributed by atoms with Crippen LogP contribution in [0.15, 0.2) is 6.07 Å². The van der Waals surface area contributed by atoms with E-state index in [4.69, 9.17) is 21.1 Å². The van der Waals surface area contributed by atoms with Gasteiger partial charge in [0.1, 0.15) is 0 Å². The third-order valence-electron chi connectivity index (χ3n) is 2.58. The summed E-state index contributed by atoms with van der Waals surface area (Å²) < 4.78 is 10.7. The fraction of sp³-hybridized carbons (Fsp3) is 0.417. The van der Waals surface area contributed by atoms with Gasteiger partial charge in [0.15, 0.2) is 17.3 Å². The van der Waals surface area contributed by atoms with E-state index in [0.717, 1.165) is 5.56 Å². The zero-order chi connectivity index (χ0) is 11.9. The Kier molecular flexibility index (Phi) is 2.80. The minimum atomic E-state index is -0.0491. The van der Waals surface area contributed by atoms with E-state index in [0.29, 0.717) is 22.1 Å². The quantitative estimate of drug-likeness (QED) is 0.744. The highest BCUT2D eigenvalue weighted by atomic mass is 35.5. The summed E-state index contributed by atoms with van der Waals surface area (Å²) in [7, 11) is 0. The molecular weight excluding hydrogens is 228 g/mol. The number of Topliss-reactive ketones (excluding diaryl/α,β-unsaturated/α-hetero) is 1. The van der Waals surface area contributed by atoms with Gasteiger partial charge in [0, 0.05) is 17.2 Å². The molecule has 0 unspecified atom stereocenters. The van der Waals surface area contributed by atoms with Gasteiger partial charge in [0.2, 0.25) is 6.79 Å². The Morgan fingerprint density at radius 1 is 1.44 bits per heavy atom. The third-order valence-corrected chi connectivity index (χ3v) is 2.88. The van der Waals surface area contributed by atoms with Crippen LogP contribution >= 0.6 is 11.6 Å². The van der Waals surface area contributed by atoms with Crippen LogP contribution in [0.2, 0.25) is 5.02 Å². The number of halogens is 1. The molecule has 0 spiro atoms. The summed E-state index contributed by atoms with van der Waals surface area (Å²) in [6, 6.07) is 1.65. The number of ether oxygens (including phenoxy) is 2. The maximum atomic E-state index is 11.6. The van der Waals surface area contributed by atoms with Crippen LogP contribution < -0.4 is 9.47 Å². The molecule has 0 atom stereocenters. The van der Waals surface area contributed by atoms with Gasteiger partial charge in [-0.15, -0.1) is 0 Å². The Morgan fingerprint density at radius 3 is 2.69 bits per heavy atom. The molecule has 1 aliphatic rings. The van der Waals surface area contributed by atoms with Crippen LogP contribution in [0.25, 0.3) is 0 Å². The van der Waals surface area contributed by atoms with Crippen LogP contribution in [-0.4, -0.2) is 12.6 Å². The molecule has 1 aliphatic heterocycles. The summed E-state index contributed by atoms with van der Waals surface area (Å²) in [5, 5.41) is 0.431. The van der Waals surface area contributed by atoms with E-state index in [2.05, 4.69) is 0 Å². The maximum Gasteiger partial charge on any atom is 0.231 e. The summed E-state index contributed by atoms with van der Waals surface area (Å²) in [6.07, 6.45) is 0. The normalized spacial score (nSPS) is 13.3. The molecule has 0 radical (unpaired) electrons. The molecule has 1 heterocycles. The predicted octanol–water partition coefficient (Wildman–Crippen LogP) is 3.39. The maximum absolute atomic E-state index is 11.6. The Morgan fingerprint density at radius 2 is 2.12 bits per heavy atom.